The van der Waals surface area contributed by atoms with E-state index in [1.165, 1.54) is 32.1 Å². The molecule has 3 rings (SSSR count). The zero-order valence-corrected chi connectivity index (χ0v) is 21.7. The monoisotopic (exact) mass is 420 g/mol. The summed E-state index contributed by atoms with van der Waals surface area (Å²) in [5.41, 5.74) is 0.847. The summed E-state index contributed by atoms with van der Waals surface area (Å²) in [5.74, 6) is 5.48. The standard InChI is InChI=1S/C24H44O2Si2/c1-17(2)9-10-20-14-19-15-22(20)23(16-19)27(5,6)26-28(7,8)24-12-11-21(25-24)13-18(3)4/h11-12,17-20,22-23H,9-10,13-16H2,1-8H3/t19-,20+,22-,23?/m1/s1. The van der Waals surface area contributed by atoms with E-state index in [0.717, 1.165) is 46.8 Å². The Morgan fingerprint density at radius 2 is 1.71 bits per heavy atom. The summed E-state index contributed by atoms with van der Waals surface area (Å²) in [6.07, 6.45) is 8.27. The molecule has 2 aliphatic carbocycles. The van der Waals surface area contributed by atoms with Crippen molar-refractivity contribution in [3.05, 3.63) is 17.9 Å². The zero-order chi connectivity index (χ0) is 20.7. The molecular weight excluding hydrogens is 376 g/mol. The van der Waals surface area contributed by atoms with E-state index in [2.05, 4.69) is 66.0 Å². The van der Waals surface area contributed by atoms with E-state index < -0.39 is 16.6 Å². The molecule has 4 heteroatoms. The minimum atomic E-state index is -2.00. The lowest BCUT2D eigenvalue weighted by molar-refractivity contribution is 0.280. The molecule has 2 bridgehead atoms. The highest BCUT2D eigenvalue weighted by Crippen LogP contribution is 2.59. The minimum absolute atomic E-state index is 0.632. The Hall–Kier alpha value is -0.326. The Balaban J connectivity index is 1.67. The molecule has 0 radical (unpaired) electrons. The van der Waals surface area contributed by atoms with Crippen LogP contribution in [0.1, 0.15) is 65.6 Å². The van der Waals surface area contributed by atoms with Gasteiger partial charge in [0.2, 0.25) is 8.32 Å². The Bertz CT molecular complexity index is 647. The Morgan fingerprint density at radius 3 is 2.32 bits per heavy atom. The van der Waals surface area contributed by atoms with Crippen LogP contribution in [0.3, 0.4) is 0 Å². The number of fused-ring (bicyclic) bond motifs is 2. The molecule has 1 heterocycles. The van der Waals surface area contributed by atoms with Gasteiger partial charge in [0.15, 0.2) is 8.32 Å². The Labute approximate surface area is 176 Å². The average Bonchev–Trinajstić information content (AvgIpc) is 3.26. The predicted molar refractivity (Wildman–Crippen MR) is 125 cm³/mol. The fourth-order valence-corrected chi connectivity index (χ4v) is 15.6. The van der Waals surface area contributed by atoms with Crippen LogP contribution in [0.15, 0.2) is 16.5 Å². The van der Waals surface area contributed by atoms with Gasteiger partial charge in [0.1, 0.15) is 11.1 Å². The van der Waals surface area contributed by atoms with Crippen LogP contribution in [0, 0.1) is 29.6 Å². The first-order chi connectivity index (χ1) is 13.0. The van der Waals surface area contributed by atoms with Crippen molar-refractivity contribution >= 4 is 22.0 Å². The van der Waals surface area contributed by atoms with E-state index in [1.807, 2.05) is 0 Å². The quantitative estimate of drug-likeness (QED) is 0.403. The van der Waals surface area contributed by atoms with Crippen molar-refractivity contribution in [3.8, 4) is 0 Å². The van der Waals surface area contributed by atoms with Crippen molar-refractivity contribution in [2.45, 2.75) is 97.9 Å². The van der Waals surface area contributed by atoms with Crippen LogP contribution in [0.4, 0.5) is 0 Å². The highest BCUT2D eigenvalue weighted by atomic mass is 28.4. The Kier molecular flexibility index (Phi) is 6.73. The molecule has 2 fully saturated rings. The fraction of sp³-hybridized carbons (Fsp3) is 0.833. The normalized spacial score (nSPS) is 28.1. The molecule has 0 saturated heterocycles. The highest BCUT2D eigenvalue weighted by molar-refractivity contribution is 6.92. The molecule has 0 aliphatic heterocycles. The average molecular weight is 421 g/mol. The van der Waals surface area contributed by atoms with Crippen LogP contribution in [0.25, 0.3) is 0 Å². The van der Waals surface area contributed by atoms with Gasteiger partial charge in [0.05, 0.1) is 0 Å². The van der Waals surface area contributed by atoms with E-state index in [-0.39, 0.29) is 0 Å². The molecule has 1 unspecified atom stereocenters. The smallest absolute Gasteiger partial charge is 0.247 e. The van der Waals surface area contributed by atoms with Crippen molar-refractivity contribution < 1.29 is 8.53 Å². The number of hydrogen-bond donors (Lipinski definition) is 0. The van der Waals surface area contributed by atoms with Crippen LogP contribution in [0.5, 0.6) is 0 Å². The van der Waals surface area contributed by atoms with Gasteiger partial charge in [0.25, 0.3) is 0 Å². The third kappa shape index (κ3) is 5.04. The van der Waals surface area contributed by atoms with E-state index >= 15 is 0 Å². The molecule has 160 valence electrons. The second kappa shape index (κ2) is 8.43. The number of rotatable bonds is 9. The Morgan fingerprint density at radius 1 is 1.00 bits per heavy atom. The topological polar surface area (TPSA) is 22.4 Å². The van der Waals surface area contributed by atoms with Crippen molar-refractivity contribution in [3.63, 3.8) is 0 Å². The molecule has 4 atom stereocenters. The van der Waals surface area contributed by atoms with Crippen molar-refractivity contribution in [1.82, 2.24) is 0 Å². The second-order valence-electron chi connectivity index (χ2n) is 11.7. The summed E-state index contributed by atoms with van der Waals surface area (Å²) >= 11 is 0. The van der Waals surface area contributed by atoms with Gasteiger partial charge in [0, 0.05) is 6.42 Å². The lowest BCUT2D eigenvalue weighted by atomic mass is 9.83. The summed E-state index contributed by atoms with van der Waals surface area (Å²) in [6, 6.07) is 4.39. The summed E-state index contributed by atoms with van der Waals surface area (Å²) in [6.45, 7) is 19.0. The summed E-state index contributed by atoms with van der Waals surface area (Å²) in [7, 11) is -3.76. The molecule has 0 spiro atoms. The van der Waals surface area contributed by atoms with E-state index in [1.54, 1.807) is 0 Å². The third-order valence-electron chi connectivity index (χ3n) is 7.34. The largest absolute Gasteiger partial charge is 0.468 e. The van der Waals surface area contributed by atoms with E-state index in [9.17, 15) is 0 Å². The first-order valence-electron chi connectivity index (χ1n) is 11.8. The van der Waals surface area contributed by atoms with Gasteiger partial charge in [-0.25, -0.2) is 0 Å². The summed E-state index contributed by atoms with van der Waals surface area (Å²) in [5, 5.41) is 1.14. The summed E-state index contributed by atoms with van der Waals surface area (Å²) < 4.78 is 13.4. The first kappa shape index (κ1) is 22.4. The molecule has 0 amide bonds. The molecule has 1 aromatic heterocycles. The third-order valence-corrected chi connectivity index (χ3v) is 15.4. The first-order valence-corrected chi connectivity index (χ1v) is 17.7. The van der Waals surface area contributed by atoms with Gasteiger partial charge in [-0.1, -0.05) is 34.1 Å². The maximum atomic E-state index is 7.12. The van der Waals surface area contributed by atoms with Gasteiger partial charge in [-0.2, -0.15) is 0 Å². The highest BCUT2D eigenvalue weighted by Gasteiger charge is 2.54. The van der Waals surface area contributed by atoms with E-state index in [0.29, 0.717) is 5.92 Å². The van der Waals surface area contributed by atoms with Crippen molar-refractivity contribution in [2.24, 2.45) is 29.6 Å². The van der Waals surface area contributed by atoms with Gasteiger partial charge < -0.3 is 8.53 Å². The predicted octanol–water partition coefficient (Wildman–Crippen LogP) is 6.96. The van der Waals surface area contributed by atoms with Gasteiger partial charge in [-0.15, -0.1) is 0 Å². The maximum Gasteiger partial charge on any atom is 0.247 e. The SMILES string of the molecule is CC(C)CC[C@H]1C[C@H]2CC([Si](C)(C)O[Si](C)(C)c3ccc(CC(C)C)o3)[C@@H]1C2. The van der Waals surface area contributed by atoms with Gasteiger partial charge >= 0.3 is 0 Å². The fourth-order valence-electron chi connectivity index (χ4n) is 6.17. The van der Waals surface area contributed by atoms with Gasteiger partial charge in [-0.3, -0.25) is 0 Å². The molecule has 0 aromatic carbocycles. The lowest BCUT2D eigenvalue weighted by Gasteiger charge is -2.42. The molecule has 1 aromatic rings. The minimum Gasteiger partial charge on any atom is -0.468 e. The van der Waals surface area contributed by atoms with Crippen LogP contribution in [-0.2, 0) is 10.5 Å². The molecule has 2 saturated carbocycles. The number of furan rings is 1. The van der Waals surface area contributed by atoms with E-state index in [4.69, 9.17) is 8.53 Å². The van der Waals surface area contributed by atoms with Crippen LogP contribution < -0.4 is 5.38 Å². The molecule has 2 aliphatic rings. The molecule has 0 N–H and O–H groups in total. The van der Waals surface area contributed by atoms with Gasteiger partial charge in [-0.05, 0) is 99.1 Å². The van der Waals surface area contributed by atoms with Crippen LogP contribution in [-0.4, -0.2) is 16.6 Å². The maximum absolute atomic E-state index is 7.12. The lowest BCUT2D eigenvalue weighted by Crippen LogP contribution is -2.55. The van der Waals surface area contributed by atoms with Crippen molar-refractivity contribution in [2.75, 3.05) is 0 Å². The van der Waals surface area contributed by atoms with Crippen molar-refractivity contribution in [1.29, 1.82) is 0 Å². The second-order valence-corrected chi connectivity index (χ2v) is 19.9. The summed E-state index contributed by atoms with van der Waals surface area (Å²) in [4.78, 5) is 0. The van der Waals surface area contributed by atoms with Crippen LogP contribution in [0.2, 0.25) is 31.7 Å². The molecular formula is C24H44O2Si2. The van der Waals surface area contributed by atoms with Crippen LogP contribution >= 0.6 is 0 Å². The zero-order valence-electron chi connectivity index (χ0n) is 19.7. The molecule has 2 nitrogen and oxygen atoms in total. The number of hydrogen-bond acceptors (Lipinski definition) is 2. The molecule has 28 heavy (non-hydrogen) atoms.